The highest BCUT2D eigenvalue weighted by atomic mass is 16.3. The quantitative estimate of drug-likeness (QED) is 0.767. The molecule has 0 heterocycles. The minimum absolute atomic E-state index is 0.301. The Kier molecular flexibility index (Phi) is 4.05. The molecule has 2 bridgehead atoms. The predicted octanol–water partition coefficient (Wildman–Crippen LogP) is 5.50. The van der Waals surface area contributed by atoms with E-state index in [4.69, 9.17) is 0 Å². The van der Waals surface area contributed by atoms with E-state index in [1.807, 2.05) is 24.3 Å². The molecule has 0 spiro atoms. The van der Waals surface area contributed by atoms with Crippen LogP contribution in [0.15, 0.2) is 54.1 Å². The van der Waals surface area contributed by atoms with Crippen molar-refractivity contribution in [2.45, 2.75) is 38.5 Å². The summed E-state index contributed by atoms with van der Waals surface area (Å²) in [6.45, 7) is 0. The van der Waals surface area contributed by atoms with Crippen LogP contribution in [0.25, 0.3) is 5.57 Å². The lowest BCUT2D eigenvalue weighted by molar-refractivity contribution is 0.243. The van der Waals surface area contributed by atoms with E-state index in [1.54, 1.807) is 29.8 Å². The van der Waals surface area contributed by atoms with Crippen LogP contribution in [-0.4, -0.2) is 10.2 Å². The molecule has 2 aliphatic rings. The summed E-state index contributed by atoms with van der Waals surface area (Å²) in [6, 6.07) is 15.1. The van der Waals surface area contributed by atoms with E-state index in [9.17, 15) is 10.2 Å². The Morgan fingerprint density at radius 1 is 0.750 bits per heavy atom. The van der Waals surface area contributed by atoms with Gasteiger partial charge in [-0.15, -0.1) is 0 Å². The summed E-state index contributed by atoms with van der Waals surface area (Å²) in [4.78, 5) is 0. The predicted molar refractivity (Wildman–Crippen MR) is 96.9 cm³/mol. The molecule has 4 rings (SSSR count). The maximum atomic E-state index is 9.65. The zero-order valence-electron chi connectivity index (χ0n) is 13.9. The van der Waals surface area contributed by atoms with Crippen LogP contribution in [0.3, 0.4) is 0 Å². The molecule has 2 N–H and O–H groups in total. The monoisotopic (exact) mass is 320 g/mol. The Bertz CT molecular complexity index is 693. The number of aromatic hydroxyl groups is 2. The van der Waals surface area contributed by atoms with E-state index in [0.29, 0.717) is 17.4 Å². The first kappa shape index (κ1) is 15.3. The number of phenols is 2. The van der Waals surface area contributed by atoms with Gasteiger partial charge in [0, 0.05) is 0 Å². The van der Waals surface area contributed by atoms with E-state index in [1.165, 1.54) is 44.1 Å². The van der Waals surface area contributed by atoms with Gasteiger partial charge >= 0.3 is 0 Å². The van der Waals surface area contributed by atoms with Crippen molar-refractivity contribution in [1.82, 2.24) is 0 Å². The van der Waals surface area contributed by atoms with Gasteiger partial charge in [-0.05, 0) is 78.5 Å². The van der Waals surface area contributed by atoms with E-state index in [-0.39, 0.29) is 0 Å². The molecule has 2 aromatic carbocycles. The Morgan fingerprint density at radius 2 is 1.33 bits per heavy atom. The zero-order valence-corrected chi connectivity index (χ0v) is 13.9. The molecule has 0 aliphatic heterocycles. The molecule has 124 valence electrons. The van der Waals surface area contributed by atoms with Crippen LogP contribution < -0.4 is 0 Å². The highest BCUT2D eigenvalue weighted by molar-refractivity contribution is 5.83. The summed E-state index contributed by atoms with van der Waals surface area (Å²) in [5.74, 6) is 2.20. The molecule has 2 saturated carbocycles. The third-order valence-electron chi connectivity index (χ3n) is 5.73. The maximum Gasteiger partial charge on any atom is 0.115 e. The van der Waals surface area contributed by atoms with Crippen molar-refractivity contribution in [3.8, 4) is 11.5 Å². The van der Waals surface area contributed by atoms with Crippen molar-refractivity contribution in [2.24, 2.45) is 11.8 Å². The number of hydrogen-bond acceptors (Lipinski definition) is 2. The van der Waals surface area contributed by atoms with Crippen molar-refractivity contribution in [2.75, 3.05) is 0 Å². The molecule has 24 heavy (non-hydrogen) atoms. The smallest absolute Gasteiger partial charge is 0.115 e. The van der Waals surface area contributed by atoms with E-state index >= 15 is 0 Å². The molecule has 0 saturated heterocycles. The van der Waals surface area contributed by atoms with Crippen LogP contribution >= 0.6 is 0 Å². The number of hydrogen-bond donors (Lipinski definition) is 2. The van der Waals surface area contributed by atoms with Crippen molar-refractivity contribution in [3.05, 3.63) is 65.2 Å². The van der Waals surface area contributed by atoms with Gasteiger partial charge in [-0.1, -0.05) is 42.7 Å². The number of allylic oxidation sites excluding steroid dienone is 1. The zero-order chi connectivity index (χ0) is 16.5. The van der Waals surface area contributed by atoms with Crippen LogP contribution in [0.2, 0.25) is 0 Å². The van der Waals surface area contributed by atoms with Gasteiger partial charge in [0.25, 0.3) is 0 Å². The van der Waals surface area contributed by atoms with Gasteiger partial charge < -0.3 is 10.2 Å². The maximum absolute atomic E-state index is 9.65. The Balaban J connectivity index is 1.84. The molecular formula is C22H24O2. The second kappa shape index (κ2) is 6.35. The SMILES string of the molecule is Oc1ccc(C(=C2CC[C@H]3CCC[C@@H]2C3)c2ccc(O)cc2)cc1. The van der Waals surface area contributed by atoms with E-state index < -0.39 is 0 Å². The van der Waals surface area contributed by atoms with Gasteiger partial charge in [-0.2, -0.15) is 0 Å². The van der Waals surface area contributed by atoms with Crippen molar-refractivity contribution in [1.29, 1.82) is 0 Å². The summed E-state index contributed by atoms with van der Waals surface area (Å²) in [5, 5.41) is 19.3. The number of fused-ring (bicyclic) bond motifs is 2. The first-order valence-corrected chi connectivity index (χ1v) is 9.02. The Labute approximate surface area is 143 Å². The molecule has 0 aromatic heterocycles. The van der Waals surface area contributed by atoms with Gasteiger partial charge in [0.15, 0.2) is 0 Å². The third kappa shape index (κ3) is 2.93. The number of rotatable bonds is 2. The van der Waals surface area contributed by atoms with Crippen LogP contribution in [0, 0.1) is 11.8 Å². The highest BCUT2D eigenvalue weighted by Gasteiger charge is 2.31. The first-order chi connectivity index (χ1) is 11.7. The standard InChI is InChI=1S/C22H24O2/c23-19-9-5-16(6-10-19)22(17-7-11-20(24)12-8-17)21-13-4-15-2-1-3-18(21)14-15/h5-12,15,18,23-24H,1-4,13-14H2/t15-,18-/m1/s1. The fraction of sp³-hybridized carbons (Fsp3) is 0.364. The lowest BCUT2D eigenvalue weighted by Crippen LogP contribution is -2.24. The minimum Gasteiger partial charge on any atom is -0.508 e. The van der Waals surface area contributed by atoms with Crippen LogP contribution in [0.4, 0.5) is 0 Å². The second-order valence-electron chi connectivity index (χ2n) is 7.26. The number of phenolic OH excluding ortho intramolecular Hbond substituents is 2. The summed E-state index contributed by atoms with van der Waals surface area (Å²) in [6.07, 6.45) is 7.84. The van der Waals surface area contributed by atoms with Crippen LogP contribution in [0.5, 0.6) is 11.5 Å². The van der Waals surface area contributed by atoms with Crippen LogP contribution in [-0.2, 0) is 0 Å². The third-order valence-corrected chi connectivity index (χ3v) is 5.73. The Hall–Kier alpha value is -2.22. The molecule has 2 atom stereocenters. The van der Waals surface area contributed by atoms with Crippen molar-refractivity contribution < 1.29 is 10.2 Å². The molecule has 0 amide bonds. The van der Waals surface area contributed by atoms with Crippen molar-refractivity contribution >= 4 is 5.57 Å². The topological polar surface area (TPSA) is 40.5 Å². The fourth-order valence-electron chi connectivity index (χ4n) is 4.56. The fourth-order valence-corrected chi connectivity index (χ4v) is 4.56. The summed E-state index contributed by atoms with van der Waals surface area (Å²) < 4.78 is 0. The average Bonchev–Trinajstić information content (AvgIpc) is 2.60. The Morgan fingerprint density at radius 3 is 1.92 bits per heavy atom. The molecule has 2 heteroatoms. The molecule has 2 fully saturated rings. The van der Waals surface area contributed by atoms with Gasteiger partial charge in [-0.3, -0.25) is 0 Å². The summed E-state index contributed by atoms with van der Waals surface area (Å²) >= 11 is 0. The summed E-state index contributed by atoms with van der Waals surface area (Å²) in [5.41, 5.74) is 5.21. The molecule has 2 aromatic rings. The van der Waals surface area contributed by atoms with E-state index in [0.717, 1.165) is 17.0 Å². The lowest BCUT2D eigenvalue weighted by Gasteiger charge is -2.38. The minimum atomic E-state index is 0.301. The van der Waals surface area contributed by atoms with Gasteiger partial charge in [0.2, 0.25) is 0 Å². The molecule has 2 nitrogen and oxygen atoms in total. The van der Waals surface area contributed by atoms with Gasteiger partial charge in [-0.25, -0.2) is 0 Å². The molecular weight excluding hydrogens is 296 g/mol. The van der Waals surface area contributed by atoms with Gasteiger partial charge in [0.1, 0.15) is 11.5 Å². The van der Waals surface area contributed by atoms with Gasteiger partial charge in [0.05, 0.1) is 0 Å². The van der Waals surface area contributed by atoms with Crippen LogP contribution in [0.1, 0.15) is 49.7 Å². The summed E-state index contributed by atoms with van der Waals surface area (Å²) in [7, 11) is 0. The second-order valence-corrected chi connectivity index (χ2v) is 7.26. The van der Waals surface area contributed by atoms with E-state index in [2.05, 4.69) is 0 Å². The highest BCUT2D eigenvalue weighted by Crippen LogP contribution is 2.47. The van der Waals surface area contributed by atoms with Crippen molar-refractivity contribution in [3.63, 3.8) is 0 Å². The first-order valence-electron chi connectivity index (χ1n) is 9.02. The molecule has 0 radical (unpaired) electrons. The lowest BCUT2D eigenvalue weighted by atomic mass is 9.67. The largest absolute Gasteiger partial charge is 0.508 e. The normalized spacial score (nSPS) is 23.1. The average molecular weight is 320 g/mol. The molecule has 2 aliphatic carbocycles. The number of benzene rings is 2. The molecule has 0 unspecified atom stereocenters.